The monoisotopic (exact) mass is 470 g/mol. The van der Waals surface area contributed by atoms with Crippen LogP contribution < -0.4 is 11.2 Å². The van der Waals surface area contributed by atoms with Crippen LogP contribution in [0.1, 0.15) is 37.0 Å². The second kappa shape index (κ2) is 8.96. The fourth-order valence-corrected chi connectivity index (χ4v) is 3.91. The summed E-state index contributed by atoms with van der Waals surface area (Å²) in [5, 5.41) is 0. The number of imidazole rings is 1. The van der Waals surface area contributed by atoms with E-state index < -0.39 is 23.0 Å². The Morgan fingerprint density at radius 2 is 1.68 bits per heavy atom. The summed E-state index contributed by atoms with van der Waals surface area (Å²) < 4.78 is 43.0. The molecule has 2 aromatic carbocycles. The van der Waals surface area contributed by atoms with Crippen LogP contribution >= 0.6 is 0 Å². The van der Waals surface area contributed by atoms with E-state index in [9.17, 15) is 22.8 Å². The van der Waals surface area contributed by atoms with Gasteiger partial charge >= 0.3 is 11.9 Å². The molecule has 0 atom stereocenters. The minimum atomic E-state index is -4.42. The first kappa shape index (κ1) is 23.5. The molecule has 9 heteroatoms. The van der Waals surface area contributed by atoms with Gasteiger partial charge in [-0.25, -0.2) is 14.3 Å². The van der Waals surface area contributed by atoms with E-state index in [1.807, 2.05) is 39.0 Å². The second-order valence-electron chi connectivity index (χ2n) is 8.78. The Bertz CT molecular complexity index is 1440. The number of nitrogens with zero attached hydrogens (tertiary/aromatic N) is 4. The molecule has 0 saturated heterocycles. The average Bonchev–Trinajstić information content (AvgIpc) is 3.18. The Labute approximate surface area is 193 Å². The van der Waals surface area contributed by atoms with Crippen molar-refractivity contribution >= 4 is 11.2 Å². The number of hydrogen-bond donors (Lipinski definition) is 0. The topological polar surface area (TPSA) is 61.8 Å². The van der Waals surface area contributed by atoms with Crippen LogP contribution in [0.4, 0.5) is 13.2 Å². The molecule has 0 aliphatic heterocycles. The number of benzene rings is 2. The molecule has 34 heavy (non-hydrogen) atoms. The number of para-hydroxylation sites is 1. The van der Waals surface area contributed by atoms with Gasteiger partial charge in [0.1, 0.15) is 0 Å². The van der Waals surface area contributed by atoms with E-state index in [0.717, 1.165) is 17.7 Å². The van der Waals surface area contributed by atoms with Crippen molar-refractivity contribution in [1.82, 2.24) is 18.7 Å². The summed E-state index contributed by atoms with van der Waals surface area (Å²) >= 11 is 0. The molecule has 0 aliphatic carbocycles. The van der Waals surface area contributed by atoms with Gasteiger partial charge in [-0.1, -0.05) is 44.2 Å². The normalized spacial score (nSPS) is 12.1. The highest BCUT2D eigenvalue weighted by atomic mass is 19.4. The van der Waals surface area contributed by atoms with Crippen LogP contribution in [-0.4, -0.2) is 18.7 Å². The lowest BCUT2D eigenvalue weighted by Gasteiger charge is -2.15. The molecule has 0 amide bonds. The van der Waals surface area contributed by atoms with Crippen molar-refractivity contribution in [3.05, 3.63) is 92.4 Å². The molecule has 2 heterocycles. The molecule has 4 aromatic rings. The van der Waals surface area contributed by atoms with Gasteiger partial charge in [0.25, 0.3) is 5.56 Å². The van der Waals surface area contributed by atoms with E-state index in [1.54, 1.807) is 10.6 Å². The fourth-order valence-electron chi connectivity index (χ4n) is 3.91. The third-order valence-electron chi connectivity index (χ3n) is 5.82. The summed E-state index contributed by atoms with van der Waals surface area (Å²) in [6.45, 7) is 6.29. The first-order valence-electron chi connectivity index (χ1n) is 11.0. The van der Waals surface area contributed by atoms with Crippen molar-refractivity contribution in [3.8, 4) is 5.69 Å². The van der Waals surface area contributed by atoms with Gasteiger partial charge in [-0.15, -0.1) is 0 Å². The molecular formula is C25H25F3N4O2. The smallest absolute Gasteiger partial charge is 0.320 e. The maximum Gasteiger partial charge on any atom is 0.416 e. The van der Waals surface area contributed by atoms with Gasteiger partial charge in [0.15, 0.2) is 11.2 Å². The Kier molecular flexibility index (Phi) is 6.20. The van der Waals surface area contributed by atoms with E-state index in [-0.39, 0.29) is 30.2 Å². The van der Waals surface area contributed by atoms with Crippen molar-refractivity contribution in [1.29, 1.82) is 0 Å². The van der Waals surface area contributed by atoms with Crippen molar-refractivity contribution in [2.75, 3.05) is 0 Å². The summed E-state index contributed by atoms with van der Waals surface area (Å²) in [5.41, 5.74) is 0.823. The summed E-state index contributed by atoms with van der Waals surface area (Å²) in [6, 6.07) is 12.1. The highest BCUT2D eigenvalue weighted by Crippen LogP contribution is 2.29. The van der Waals surface area contributed by atoms with Gasteiger partial charge in [0.05, 0.1) is 17.6 Å². The van der Waals surface area contributed by atoms with Gasteiger partial charge in [0, 0.05) is 13.1 Å². The Morgan fingerprint density at radius 1 is 1.00 bits per heavy atom. The van der Waals surface area contributed by atoms with Crippen LogP contribution in [0.25, 0.3) is 16.9 Å². The van der Waals surface area contributed by atoms with Crippen LogP contribution in [0, 0.1) is 12.8 Å². The van der Waals surface area contributed by atoms with Crippen LogP contribution in [0.3, 0.4) is 0 Å². The van der Waals surface area contributed by atoms with Crippen molar-refractivity contribution < 1.29 is 13.2 Å². The van der Waals surface area contributed by atoms with E-state index in [0.29, 0.717) is 17.7 Å². The molecule has 178 valence electrons. The number of alkyl halides is 3. The summed E-state index contributed by atoms with van der Waals surface area (Å²) in [4.78, 5) is 31.2. The zero-order chi connectivity index (χ0) is 24.6. The average molecular weight is 470 g/mol. The summed E-state index contributed by atoms with van der Waals surface area (Å²) in [7, 11) is 0. The number of hydrogen-bond acceptors (Lipinski definition) is 3. The van der Waals surface area contributed by atoms with Crippen LogP contribution in [-0.2, 0) is 19.3 Å². The fraction of sp³-hybridized carbons (Fsp3) is 0.320. The van der Waals surface area contributed by atoms with E-state index in [2.05, 4.69) is 4.98 Å². The van der Waals surface area contributed by atoms with Crippen LogP contribution in [0.5, 0.6) is 0 Å². The molecule has 0 N–H and O–H groups in total. The first-order chi connectivity index (χ1) is 16.1. The van der Waals surface area contributed by atoms with E-state index >= 15 is 0 Å². The van der Waals surface area contributed by atoms with E-state index in [4.69, 9.17) is 0 Å². The first-order valence-corrected chi connectivity index (χ1v) is 11.0. The molecule has 0 bridgehead atoms. The van der Waals surface area contributed by atoms with E-state index in [1.165, 1.54) is 27.6 Å². The van der Waals surface area contributed by atoms with Crippen molar-refractivity contribution in [2.24, 2.45) is 5.92 Å². The minimum absolute atomic E-state index is 0.139. The highest BCUT2D eigenvalue weighted by Gasteiger charge is 2.30. The highest BCUT2D eigenvalue weighted by molar-refractivity contribution is 5.73. The largest absolute Gasteiger partial charge is 0.416 e. The lowest BCUT2D eigenvalue weighted by atomic mass is 10.1. The molecule has 6 nitrogen and oxygen atoms in total. The van der Waals surface area contributed by atoms with Crippen LogP contribution in [0.2, 0.25) is 0 Å². The third-order valence-corrected chi connectivity index (χ3v) is 5.82. The molecular weight excluding hydrogens is 445 g/mol. The quantitative estimate of drug-likeness (QED) is 0.408. The zero-order valence-corrected chi connectivity index (χ0v) is 19.1. The number of aromatic nitrogens is 4. The molecule has 0 unspecified atom stereocenters. The molecule has 0 radical (unpaired) electrons. The van der Waals surface area contributed by atoms with Crippen molar-refractivity contribution in [2.45, 2.75) is 46.5 Å². The molecule has 4 rings (SSSR count). The molecule has 0 aliphatic rings. The molecule has 0 saturated carbocycles. The predicted octanol–water partition coefficient (Wildman–Crippen LogP) is 4.77. The predicted molar refractivity (Wildman–Crippen MR) is 124 cm³/mol. The van der Waals surface area contributed by atoms with Crippen LogP contribution in [0.15, 0.2) is 64.4 Å². The second-order valence-corrected chi connectivity index (χ2v) is 8.78. The Balaban J connectivity index is 1.89. The summed E-state index contributed by atoms with van der Waals surface area (Å²) in [6.07, 6.45) is -2.33. The number of fused-ring (bicyclic) bond motifs is 1. The van der Waals surface area contributed by atoms with Gasteiger partial charge in [0.2, 0.25) is 0 Å². The number of halogens is 3. The number of aryl methyl sites for hydroxylation is 1. The van der Waals surface area contributed by atoms with Gasteiger partial charge in [-0.2, -0.15) is 13.2 Å². The third kappa shape index (κ3) is 4.42. The van der Waals surface area contributed by atoms with Crippen molar-refractivity contribution in [3.63, 3.8) is 0 Å². The number of rotatable bonds is 6. The standard InChI is InChI=1S/C25H25F3N4O2/c1-16(2)12-13-31-23(33)21-22(32(24(31)34)20-7-5-4-6-17(20)3)29-15-30(21)14-18-8-10-19(11-9-18)25(26,27)28/h4-11,15-16H,12-14H2,1-3H3. The Hall–Kier alpha value is -3.62. The zero-order valence-electron chi connectivity index (χ0n) is 19.1. The summed E-state index contributed by atoms with van der Waals surface area (Å²) in [5.74, 6) is 0.283. The van der Waals surface area contributed by atoms with Gasteiger partial charge in [-0.3, -0.25) is 9.36 Å². The minimum Gasteiger partial charge on any atom is -0.320 e. The lowest BCUT2D eigenvalue weighted by molar-refractivity contribution is -0.137. The molecule has 0 fully saturated rings. The van der Waals surface area contributed by atoms with Gasteiger partial charge < -0.3 is 4.57 Å². The SMILES string of the molecule is Cc1ccccc1-n1c(=O)n(CCC(C)C)c(=O)c2c1ncn2Cc1ccc(C(F)(F)F)cc1. The van der Waals surface area contributed by atoms with Gasteiger partial charge in [-0.05, 0) is 48.6 Å². The Morgan fingerprint density at radius 3 is 2.29 bits per heavy atom. The maximum atomic E-state index is 13.4. The molecule has 2 aromatic heterocycles. The molecule has 0 spiro atoms. The maximum absolute atomic E-state index is 13.4. The lowest BCUT2D eigenvalue weighted by Crippen LogP contribution is -2.40.